The van der Waals surface area contributed by atoms with Crippen molar-refractivity contribution in [3.63, 3.8) is 0 Å². The highest BCUT2D eigenvalue weighted by Gasteiger charge is 2.30. The summed E-state index contributed by atoms with van der Waals surface area (Å²) in [5.41, 5.74) is 22.0. The number of nitrogens with two attached hydrogens (primary N) is 3. The average molecular weight is 894 g/mol. The van der Waals surface area contributed by atoms with Crippen molar-refractivity contribution < 1.29 is 38.2 Å². The Kier molecular flexibility index (Phi) is 25.2. The maximum atomic E-state index is 13.1. The highest BCUT2D eigenvalue weighted by Crippen LogP contribution is 2.23. The number of nitrogen functional groups attached to an aromatic ring is 1. The number of rotatable bonds is 25. The van der Waals surface area contributed by atoms with Crippen molar-refractivity contribution in [2.75, 3.05) is 75.6 Å². The number of carbonyl (C=O) groups is 5. The average Bonchev–Trinajstić information content (AvgIpc) is 3.88. The SMILES string of the molecule is CC.CCCC(C(=O)NC=O)N(C=O)C(=O)c1cccc(NCCOCCOCCN/C=C(\N)COCCN)c1C.Cc1ccc(Nc2nc(N)n(C(=O)c3sccc3C)n2)cc1. The van der Waals surface area contributed by atoms with Gasteiger partial charge in [0.1, 0.15) is 6.04 Å². The Morgan fingerprint density at radius 1 is 0.937 bits per heavy atom. The predicted octanol–water partition coefficient (Wildman–Crippen LogP) is 3.84. The summed E-state index contributed by atoms with van der Waals surface area (Å²) in [5, 5.41) is 17.3. The van der Waals surface area contributed by atoms with Crippen LogP contribution >= 0.6 is 11.3 Å². The molecule has 1 unspecified atom stereocenters. The molecular formula is C43H63N11O8S. The van der Waals surface area contributed by atoms with Crippen LogP contribution in [0.15, 0.2) is 65.8 Å². The topological polar surface area (TPSA) is 273 Å². The summed E-state index contributed by atoms with van der Waals surface area (Å²) in [6.45, 7) is 15.5. The third-order valence-electron chi connectivity index (χ3n) is 8.65. The molecule has 10 N–H and O–H groups in total. The second kappa shape index (κ2) is 30.0. The van der Waals surface area contributed by atoms with Crippen molar-refractivity contribution in [1.29, 1.82) is 0 Å². The lowest BCUT2D eigenvalue weighted by Crippen LogP contribution is -2.48. The summed E-state index contributed by atoms with van der Waals surface area (Å²) in [5.74, 6) is -1.24. The molecule has 344 valence electrons. The third kappa shape index (κ3) is 18.0. The number of aryl methyl sites for hydroxylation is 2. The predicted molar refractivity (Wildman–Crippen MR) is 246 cm³/mol. The van der Waals surface area contributed by atoms with E-state index in [-0.39, 0.29) is 30.2 Å². The molecule has 0 aliphatic rings. The zero-order chi connectivity index (χ0) is 46.6. The standard InChI is InChI=1S/C26H42N6O7.C15H15N5OS.C2H6/c1-3-5-24(25(35)31-18-33)32(19-34)26(36)22-6-4-7-23(20(22)2)30-10-13-38-15-14-37-12-9-29-16-21(28)17-39-11-8-27;1-9-3-5-11(6-4-9)17-15-18-14(16)20(19-15)13(21)12-10(2)7-8-22-12;1-2/h4,6-7,16,18-19,24,29-30H,3,5,8-15,17,27-28H2,1-2H3,(H,31,33,35);3-8H,1-2H3,(H3,16,17,18,19);1-2H3/b21-16-;;. The number of nitrogens with zero attached hydrogens (tertiary/aromatic N) is 4. The summed E-state index contributed by atoms with van der Waals surface area (Å²) in [7, 11) is 0. The van der Waals surface area contributed by atoms with Crippen molar-refractivity contribution in [1.82, 2.24) is 30.3 Å². The third-order valence-corrected chi connectivity index (χ3v) is 9.65. The van der Waals surface area contributed by atoms with E-state index in [9.17, 15) is 24.0 Å². The first-order valence-electron chi connectivity index (χ1n) is 20.6. The van der Waals surface area contributed by atoms with E-state index in [1.165, 1.54) is 11.3 Å². The van der Waals surface area contributed by atoms with Crippen molar-refractivity contribution in [2.45, 2.75) is 60.4 Å². The van der Waals surface area contributed by atoms with E-state index in [1.54, 1.807) is 25.3 Å². The molecule has 0 aliphatic carbocycles. The minimum atomic E-state index is -1.08. The Morgan fingerprint density at radius 2 is 1.63 bits per heavy atom. The van der Waals surface area contributed by atoms with Gasteiger partial charge in [-0.3, -0.25) is 34.2 Å². The fourth-order valence-electron chi connectivity index (χ4n) is 5.49. The molecule has 0 fully saturated rings. The van der Waals surface area contributed by atoms with Crippen molar-refractivity contribution in [3.05, 3.63) is 92.9 Å². The lowest BCUT2D eigenvalue weighted by atomic mass is 10.0. The number of ether oxygens (including phenoxy) is 3. The molecule has 0 bridgehead atoms. The fraction of sp³-hybridized carbons (Fsp3) is 0.419. The molecule has 0 aliphatic heterocycles. The first-order valence-corrected chi connectivity index (χ1v) is 21.4. The molecule has 0 saturated heterocycles. The molecule has 4 aromatic rings. The molecule has 2 aromatic heterocycles. The number of imide groups is 2. The van der Waals surface area contributed by atoms with E-state index in [4.69, 9.17) is 31.4 Å². The number of aromatic nitrogens is 3. The van der Waals surface area contributed by atoms with Crippen LogP contribution in [0.25, 0.3) is 0 Å². The molecule has 0 radical (unpaired) electrons. The van der Waals surface area contributed by atoms with E-state index >= 15 is 0 Å². The van der Waals surface area contributed by atoms with Crippen LogP contribution in [0.2, 0.25) is 0 Å². The highest BCUT2D eigenvalue weighted by molar-refractivity contribution is 7.12. The summed E-state index contributed by atoms with van der Waals surface area (Å²) in [6, 6.07) is 13.7. The number of benzene rings is 2. The molecule has 0 saturated carbocycles. The molecule has 2 aromatic carbocycles. The maximum absolute atomic E-state index is 13.1. The van der Waals surface area contributed by atoms with Gasteiger partial charge in [0.05, 0.1) is 50.2 Å². The maximum Gasteiger partial charge on any atom is 0.291 e. The Labute approximate surface area is 373 Å². The molecule has 4 amide bonds. The molecule has 20 heteroatoms. The molecule has 2 heterocycles. The Bertz CT molecular complexity index is 2040. The van der Waals surface area contributed by atoms with Crippen molar-refractivity contribution in [2.24, 2.45) is 11.5 Å². The van der Waals surface area contributed by atoms with Crippen LogP contribution in [0.5, 0.6) is 0 Å². The number of anilines is 4. The molecule has 19 nitrogen and oxygen atoms in total. The first kappa shape index (κ1) is 52.9. The van der Waals surface area contributed by atoms with Crippen LogP contribution in [0, 0.1) is 20.8 Å². The minimum Gasteiger partial charge on any atom is -0.399 e. The van der Waals surface area contributed by atoms with Gasteiger partial charge in [-0.25, -0.2) is 0 Å². The van der Waals surface area contributed by atoms with Gasteiger partial charge in [-0.2, -0.15) is 9.67 Å². The van der Waals surface area contributed by atoms with Crippen LogP contribution in [0.4, 0.5) is 23.3 Å². The van der Waals surface area contributed by atoms with E-state index in [2.05, 4.69) is 26.0 Å². The van der Waals surface area contributed by atoms with E-state index in [1.807, 2.05) is 81.7 Å². The zero-order valence-electron chi connectivity index (χ0n) is 37.0. The number of thiophene rings is 1. The van der Waals surface area contributed by atoms with Crippen LogP contribution in [0.3, 0.4) is 0 Å². The number of hydrogen-bond acceptors (Lipinski definition) is 17. The number of carbonyl (C=O) groups excluding carboxylic acids is 5. The lowest BCUT2D eigenvalue weighted by molar-refractivity contribution is -0.133. The summed E-state index contributed by atoms with van der Waals surface area (Å²) in [4.78, 5) is 65.8. The van der Waals surface area contributed by atoms with Gasteiger partial charge >= 0.3 is 0 Å². The Hall–Kier alpha value is -6.19. The van der Waals surface area contributed by atoms with Gasteiger partial charge in [-0.05, 0) is 74.0 Å². The van der Waals surface area contributed by atoms with Crippen LogP contribution in [0.1, 0.15) is 70.3 Å². The van der Waals surface area contributed by atoms with Crippen molar-refractivity contribution in [3.8, 4) is 0 Å². The zero-order valence-corrected chi connectivity index (χ0v) is 37.8. The van der Waals surface area contributed by atoms with Gasteiger partial charge in [0.15, 0.2) is 0 Å². The van der Waals surface area contributed by atoms with Gasteiger partial charge in [0, 0.05) is 42.8 Å². The van der Waals surface area contributed by atoms with Crippen molar-refractivity contribution >= 4 is 65.1 Å². The second-order valence-corrected chi connectivity index (χ2v) is 14.2. The summed E-state index contributed by atoms with van der Waals surface area (Å²) >= 11 is 1.36. The van der Waals surface area contributed by atoms with Gasteiger partial charge < -0.3 is 47.4 Å². The van der Waals surface area contributed by atoms with Gasteiger partial charge in [-0.1, -0.05) is 51.0 Å². The molecular weight excluding hydrogens is 831 g/mol. The second-order valence-electron chi connectivity index (χ2n) is 13.3. The van der Waals surface area contributed by atoms with E-state index < -0.39 is 17.9 Å². The smallest absolute Gasteiger partial charge is 0.291 e. The van der Waals surface area contributed by atoms with Crippen LogP contribution < -0.4 is 38.5 Å². The molecule has 63 heavy (non-hydrogen) atoms. The minimum absolute atomic E-state index is 0.0624. The summed E-state index contributed by atoms with van der Waals surface area (Å²) in [6.07, 6.45) is 3.00. The largest absolute Gasteiger partial charge is 0.399 e. The van der Waals surface area contributed by atoms with E-state index in [0.29, 0.717) is 99.9 Å². The normalized spacial score (nSPS) is 11.2. The lowest BCUT2D eigenvalue weighted by Gasteiger charge is -2.25. The van der Waals surface area contributed by atoms with Crippen LogP contribution in [-0.4, -0.2) is 116 Å². The number of nitrogens with one attached hydrogen (secondary N) is 4. The van der Waals surface area contributed by atoms with Gasteiger partial charge in [0.2, 0.25) is 30.6 Å². The summed E-state index contributed by atoms with van der Waals surface area (Å²) < 4.78 is 17.4. The van der Waals surface area contributed by atoms with E-state index in [0.717, 1.165) is 26.4 Å². The molecule has 4 rings (SSSR count). The quantitative estimate of drug-likeness (QED) is 0.0368. The van der Waals surface area contributed by atoms with Gasteiger partial charge in [0.25, 0.3) is 11.8 Å². The highest BCUT2D eigenvalue weighted by atomic mass is 32.1. The number of amides is 4. The van der Waals surface area contributed by atoms with Crippen LogP contribution in [-0.2, 0) is 28.6 Å². The number of hydrogen-bond donors (Lipinski definition) is 7. The fourth-order valence-corrected chi connectivity index (χ4v) is 6.34. The Balaban J connectivity index is 0.000000475. The molecule has 0 spiro atoms. The molecule has 1 atom stereocenters. The monoisotopic (exact) mass is 893 g/mol. The van der Waals surface area contributed by atoms with Gasteiger partial charge in [-0.15, -0.1) is 16.4 Å². The first-order chi connectivity index (χ1) is 30.4. The Morgan fingerprint density at radius 3 is 2.25 bits per heavy atom.